The van der Waals surface area contributed by atoms with Crippen molar-refractivity contribution in [2.45, 2.75) is 26.2 Å². The van der Waals surface area contributed by atoms with E-state index in [1.165, 1.54) is 11.8 Å². The third-order valence-corrected chi connectivity index (χ3v) is 2.73. The van der Waals surface area contributed by atoms with Crippen LogP contribution in [0.5, 0.6) is 0 Å². The first kappa shape index (κ1) is 12.5. The summed E-state index contributed by atoms with van der Waals surface area (Å²) in [5, 5.41) is 0.104. The topological polar surface area (TPSA) is 37.4 Å². The highest BCUT2D eigenvalue weighted by Crippen LogP contribution is 2.08. The van der Waals surface area contributed by atoms with Gasteiger partial charge in [0, 0.05) is 25.8 Å². The molecule has 1 amide bonds. The number of rotatable bonds is 6. The van der Waals surface area contributed by atoms with Crippen molar-refractivity contribution in [3.05, 3.63) is 0 Å². The summed E-state index contributed by atoms with van der Waals surface area (Å²) in [5.41, 5.74) is 0. The molecule has 0 aliphatic rings. The van der Waals surface area contributed by atoms with Crippen LogP contribution in [0.15, 0.2) is 0 Å². The summed E-state index contributed by atoms with van der Waals surface area (Å²) in [5.74, 6) is 0.872. The Kier molecular flexibility index (Phi) is 7.79. The number of hydrogen-bond donors (Lipinski definition) is 0. The number of nitrogens with zero attached hydrogens (tertiary/aromatic N) is 1. The molecule has 0 heterocycles. The molecule has 76 valence electrons. The first-order valence-electron chi connectivity index (χ1n) is 4.54. The molecular formula is C9H17NO2S. The minimum Gasteiger partial charge on any atom is -0.337 e. The van der Waals surface area contributed by atoms with Crippen LogP contribution in [0.3, 0.4) is 0 Å². The van der Waals surface area contributed by atoms with Gasteiger partial charge in [-0.05, 0) is 12.8 Å². The molecule has 0 rings (SSSR count). The van der Waals surface area contributed by atoms with Crippen LogP contribution in [-0.4, -0.2) is 35.8 Å². The van der Waals surface area contributed by atoms with E-state index in [1.54, 1.807) is 11.9 Å². The summed E-state index contributed by atoms with van der Waals surface area (Å²) in [6.07, 6.45) is 3.20. The second kappa shape index (κ2) is 8.10. The molecule has 0 unspecified atom stereocenters. The lowest BCUT2D eigenvalue weighted by Crippen LogP contribution is -2.24. The van der Waals surface area contributed by atoms with Gasteiger partial charge in [0.1, 0.15) is 6.29 Å². The molecule has 0 atom stereocenters. The van der Waals surface area contributed by atoms with E-state index in [0.717, 1.165) is 24.9 Å². The van der Waals surface area contributed by atoms with Crippen LogP contribution in [-0.2, 0) is 4.79 Å². The number of thioether (sulfide) groups is 1. The molecule has 0 saturated carbocycles. The number of aldehydes is 1. The quantitative estimate of drug-likeness (QED) is 0.490. The van der Waals surface area contributed by atoms with Crippen molar-refractivity contribution in [3.8, 4) is 0 Å². The molecule has 0 fully saturated rings. The molecule has 3 nitrogen and oxygen atoms in total. The minimum atomic E-state index is 0.104. The molecule has 4 heteroatoms. The van der Waals surface area contributed by atoms with Crippen LogP contribution >= 0.6 is 11.8 Å². The highest BCUT2D eigenvalue weighted by molar-refractivity contribution is 8.13. The Balaban J connectivity index is 3.50. The molecule has 0 aromatic heterocycles. The van der Waals surface area contributed by atoms with Gasteiger partial charge in [0.2, 0.25) is 0 Å². The van der Waals surface area contributed by atoms with Gasteiger partial charge >= 0.3 is 0 Å². The van der Waals surface area contributed by atoms with Crippen molar-refractivity contribution >= 4 is 23.3 Å². The third kappa shape index (κ3) is 6.63. The van der Waals surface area contributed by atoms with Gasteiger partial charge in [-0.25, -0.2) is 0 Å². The van der Waals surface area contributed by atoms with Gasteiger partial charge in [0.15, 0.2) is 0 Å². The molecule has 0 bridgehead atoms. The van der Waals surface area contributed by atoms with Gasteiger partial charge < -0.3 is 9.69 Å². The summed E-state index contributed by atoms with van der Waals surface area (Å²) in [6.45, 7) is 2.72. The highest BCUT2D eigenvalue weighted by atomic mass is 32.2. The van der Waals surface area contributed by atoms with E-state index in [9.17, 15) is 9.59 Å². The molecule has 0 N–H and O–H groups in total. The van der Waals surface area contributed by atoms with E-state index in [2.05, 4.69) is 0 Å². The summed E-state index contributed by atoms with van der Waals surface area (Å²) in [6, 6.07) is 0. The summed E-state index contributed by atoms with van der Waals surface area (Å²) >= 11 is 1.34. The predicted octanol–water partition coefficient (Wildman–Crippen LogP) is 2.16. The third-order valence-electron chi connectivity index (χ3n) is 1.56. The average molecular weight is 203 g/mol. The van der Waals surface area contributed by atoms with Crippen molar-refractivity contribution in [3.63, 3.8) is 0 Å². The molecule has 13 heavy (non-hydrogen) atoms. The van der Waals surface area contributed by atoms with E-state index in [4.69, 9.17) is 0 Å². The Morgan fingerprint density at radius 3 is 2.77 bits per heavy atom. The van der Waals surface area contributed by atoms with Crippen LogP contribution < -0.4 is 0 Å². The van der Waals surface area contributed by atoms with Gasteiger partial charge in [-0.3, -0.25) is 4.79 Å². The first-order valence-corrected chi connectivity index (χ1v) is 5.52. The molecule has 0 aliphatic heterocycles. The average Bonchev–Trinajstić information content (AvgIpc) is 2.14. The zero-order valence-corrected chi connectivity index (χ0v) is 9.10. The molecule has 0 aromatic carbocycles. The number of amides is 1. The highest BCUT2D eigenvalue weighted by Gasteiger charge is 2.07. The normalized spacial score (nSPS) is 9.69. The van der Waals surface area contributed by atoms with Gasteiger partial charge in [-0.15, -0.1) is 0 Å². The van der Waals surface area contributed by atoms with Crippen LogP contribution in [0.2, 0.25) is 0 Å². The zero-order valence-electron chi connectivity index (χ0n) is 8.28. The summed E-state index contributed by atoms with van der Waals surface area (Å²) in [4.78, 5) is 23.0. The number of carbonyl (C=O) groups excluding carboxylic acids is 2. The molecule has 0 aromatic rings. The van der Waals surface area contributed by atoms with E-state index >= 15 is 0 Å². The predicted molar refractivity (Wildman–Crippen MR) is 56.1 cm³/mol. The maximum absolute atomic E-state index is 11.3. The second-order valence-electron chi connectivity index (χ2n) is 2.84. The first-order chi connectivity index (χ1) is 6.22. The number of hydrogen-bond acceptors (Lipinski definition) is 3. The Hall–Kier alpha value is -0.510. The van der Waals surface area contributed by atoms with E-state index in [1.807, 2.05) is 6.92 Å². The fourth-order valence-corrected chi connectivity index (χ4v) is 1.49. The van der Waals surface area contributed by atoms with Crippen molar-refractivity contribution in [2.75, 3.05) is 19.3 Å². The smallest absolute Gasteiger partial charge is 0.281 e. The molecule has 0 aliphatic carbocycles. The minimum absolute atomic E-state index is 0.104. The lowest BCUT2D eigenvalue weighted by molar-refractivity contribution is -0.107. The Labute approximate surface area is 83.9 Å². The van der Waals surface area contributed by atoms with Gasteiger partial charge in [-0.1, -0.05) is 18.7 Å². The number of carbonyl (C=O) groups is 2. The molecular weight excluding hydrogens is 186 g/mol. The fraction of sp³-hybridized carbons (Fsp3) is 0.778. The largest absolute Gasteiger partial charge is 0.337 e. The van der Waals surface area contributed by atoms with Gasteiger partial charge in [0.05, 0.1) is 0 Å². The van der Waals surface area contributed by atoms with Gasteiger partial charge in [0.25, 0.3) is 5.24 Å². The Morgan fingerprint density at radius 2 is 2.23 bits per heavy atom. The van der Waals surface area contributed by atoms with Crippen molar-refractivity contribution in [2.24, 2.45) is 0 Å². The molecule has 0 radical (unpaired) electrons. The molecule has 0 spiro atoms. The Bertz CT molecular complexity index is 162. The summed E-state index contributed by atoms with van der Waals surface area (Å²) < 4.78 is 0. The van der Waals surface area contributed by atoms with Crippen molar-refractivity contribution in [1.82, 2.24) is 4.90 Å². The van der Waals surface area contributed by atoms with E-state index in [-0.39, 0.29) is 5.24 Å². The maximum atomic E-state index is 11.3. The van der Waals surface area contributed by atoms with E-state index in [0.29, 0.717) is 13.0 Å². The second-order valence-corrected chi connectivity index (χ2v) is 3.89. The lowest BCUT2D eigenvalue weighted by atomic mass is 10.3. The lowest BCUT2D eigenvalue weighted by Gasteiger charge is -2.15. The van der Waals surface area contributed by atoms with Crippen LogP contribution in [0, 0.1) is 0 Å². The van der Waals surface area contributed by atoms with E-state index < -0.39 is 0 Å². The monoisotopic (exact) mass is 203 g/mol. The van der Waals surface area contributed by atoms with Crippen LogP contribution in [0.25, 0.3) is 0 Å². The Morgan fingerprint density at radius 1 is 1.54 bits per heavy atom. The summed E-state index contributed by atoms with van der Waals surface area (Å²) in [7, 11) is 1.77. The maximum Gasteiger partial charge on any atom is 0.281 e. The molecule has 0 saturated heterocycles. The SMILES string of the molecule is CCCSC(=O)N(C)CCCC=O. The standard InChI is InChI=1S/C9H17NO2S/c1-3-8-13-9(12)10(2)6-4-5-7-11/h7H,3-6,8H2,1-2H3. The van der Waals surface area contributed by atoms with Crippen LogP contribution in [0.4, 0.5) is 4.79 Å². The van der Waals surface area contributed by atoms with Crippen LogP contribution in [0.1, 0.15) is 26.2 Å². The fourth-order valence-electron chi connectivity index (χ4n) is 0.803. The number of unbranched alkanes of at least 4 members (excludes halogenated alkanes) is 1. The van der Waals surface area contributed by atoms with Crippen molar-refractivity contribution < 1.29 is 9.59 Å². The zero-order chi connectivity index (χ0) is 10.1. The van der Waals surface area contributed by atoms with Crippen molar-refractivity contribution in [1.29, 1.82) is 0 Å². The van der Waals surface area contributed by atoms with Gasteiger partial charge in [-0.2, -0.15) is 0 Å².